The first-order valence-corrected chi connectivity index (χ1v) is 10.5. The van der Waals surface area contributed by atoms with Crippen LogP contribution in [0.25, 0.3) is 10.9 Å². The highest BCUT2D eigenvalue weighted by Crippen LogP contribution is 2.26. The van der Waals surface area contributed by atoms with Gasteiger partial charge in [-0.25, -0.2) is 4.79 Å². The van der Waals surface area contributed by atoms with Crippen molar-refractivity contribution in [1.29, 1.82) is 0 Å². The molecule has 0 aliphatic carbocycles. The van der Waals surface area contributed by atoms with Gasteiger partial charge in [0.1, 0.15) is 6.04 Å². The zero-order valence-corrected chi connectivity index (χ0v) is 17.7. The molecule has 4 rings (SSSR count). The van der Waals surface area contributed by atoms with Gasteiger partial charge in [0, 0.05) is 18.1 Å². The molecule has 0 spiro atoms. The highest BCUT2D eigenvalue weighted by molar-refractivity contribution is 6.08. The third kappa shape index (κ3) is 4.45. The van der Waals surface area contributed by atoms with Crippen LogP contribution in [0.15, 0.2) is 60.8 Å². The quantitative estimate of drug-likeness (QED) is 0.573. The number of carbonyl (C=O) groups excluding carboxylic acids is 3. The van der Waals surface area contributed by atoms with Crippen molar-refractivity contribution in [2.24, 2.45) is 5.92 Å². The molecule has 31 heavy (non-hydrogen) atoms. The van der Waals surface area contributed by atoms with E-state index < -0.39 is 12.1 Å². The van der Waals surface area contributed by atoms with E-state index in [-0.39, 0.29) is 24.8 Å². The van der Waals surface area contributed by atoms with Gasteiger partial charge in [-0.15, -0.1) is 0 Å². The molecule has 7 heteroatoms. The molecular formula is C24H26N4O3. The molecule has 2 N–H and O–H groups in total. The summed E-state index contributed by atoms with van der Waals surface area (Å²) >= 11 is 0. The molecule has 2 aromatic carbocycles. The molecular weight excluding hydrogens is 392 g/mol. The SMILES string of the molecule is CC(C)Cn1ccc2c(NC(=O)C[C@H]3NC(=O)N(Cc4ccccc4)C3=O)cccc21. The molecule has 1 atom stereocenters. The maximum absolute atomic E-state index is 12.7. The van der Waals surface area contributed by atoms with E-state index in [2.05, 4.69) is 29.0 Å². The number of amides is 4. The number of aromatic nitrogens is 1. The minimum atomic E-state index is -0.860. The summed E-state index contributed by atoms with van der Waals surface area (Å²) in [7, 11) is 0. The van der Waals surface area contributed by atoms with Crippen LogP contribution in [0, 0.1) is 5.92 Å². The van der Waals surface area contributed by atoms with E-state index >= 15 is 0 Å². The number of nitrogens with zero attached hydrogens (tertiary/aromatic N) is 2. The molecule has 4 amide bonds. The summed E-state index contributed by atoms with van der Waals surface area (Å²) in [5, 5.41) is 6.48. The normalized spacial score (nSPS) is 16.2. The molecule has 7 nitrogen and oxygen atoms in total. The molecule has 1 saturated heterocycles. The molecule has 2 heterocycles. The van der Waals surface area contributed by atoms with E-state index in [9.17, 15) is 14.4 Å². The lowest BCUT2D eigenvalue weighted by Crippen LogP contribution is -2.34. The van der Waals surface area contributed by atoms with Gasteiger partial charge in [0.05, 0.1) is 24.2 Å². The highest BCUT2D eigenvalue weighted by Gasteiger charge is 2.39. The van der Waals surface area contributed by atoms with Crippen LogP contribution in [-0.4, -0.2) is 33.4 Å². The number of carbonyl (C=O) groups is 3. The van der Waals surface area contributed by atoms with Gasteiger partial charge < -0.3 is 15.2 Å². The van der Waals surface area contributed by atoms with Gasteiger partial charge in [-0.1, -0.05) is 50.2 Å². The van der Waals surface area contributed by atoms with Crippen molar-refractivity contribution in [3.05, 3.63) is 66.4 Å². The number of anilines is 1. The summed E-state index contributed by atoms with van der Waals surface area (Å²) in [5.74, 6) is -0.195. The highest BCUT2D eigenvalue weighted by atomic mass is 16.2. The Morgan fingerprint density at radius 3 is 2.58 bits per heavy atom. The van der Waals surface area contributed by atoms with E-state index in [0.29, 0.717) is 11.6 Å². The fourth-order valence-corrected chi connectivity index (χ4v) is 3.90. The van der Waals surface area contributed by atoms with E-state index in [4.69, 9.17) is 0 Å². The average molecular weight is 418 g/mol. The largest absolute Gasteiger partial charge is 0.347 e. The average Bonchev–Trinajstić information content (AvgIpc) is 3.25. The Morgan fingerprint density at radius 1 is 1.06 bits per heavy atom. The molecule has 160 valence electrons. The summed E-state index contributed by atoms with van der Waals surface area (Å²) in [4.78, 5) is 38.8. The second-order valence-corrected chi connectivity index (χ2v) is 8.26. The maximum Gasteiger partial charge on any atom is 0.325 e. The predicted octanol–water partition coefficient (Wildman–Crippen LogP) is 3.75. The zero-order valence-electron chi connectivity index (χ0n) is 17.7. The smallest absolute Gasteiger partial charge is 0.325 e. The molecule has 0 radical (unpaired) electrons. The number of fused-ring (bicyclic) bond motifs is 1. The number of hydrogen-bond donors (Lipinski definition) is 2. The molecule has 1 aliphatic heterocycles. The predicted molar refractivity (Wildman–Crippen MR) is 119 cm³/mol. The first kappa shape index (κ1) is 20.7. The van der Waals surface area contributed by atoms with Crippen LogP contribution in [0.1, 0.15) is 25.8 Å². The first-order chi connectivity index (χ1) is 14.9. The minimum Gasteiger partial charge on any atom is -0.347 e. The number of rotatable bonds is 7. The second kappa shape index (κ2) is 8.63. The monoisotopic (exact) mass is 418 g/mol. The van der Waals surface area contributed by atoms with Crippen molar-refractivity contribution in [3.63, 3.8) is 0 Å². The van der Waals surface area contributed by atoms with Crippen LogP contribution in [0.5, 0.6) is 0 Å². The Hall–Kier alpha value is -3.61. The Kier molecular flexibility index (Phi) is 5.75. The lowest BCUT2D eigenvalue weighted by atomic mass is 10.1. The summed E-state index contributed by atoms with van der Waals surface area (Å²) < 4.78 is 2.16. The number of benzene rings is 2. The van der Waals surface area contributed by atoms with Gasteiger partial charge in [-0.3, -0.25) is 14.5 Å². The van der Waals surface area contributed by atoms with E-state index in [0.717, 1.165) is 27.9 Å². The summed E-state index contributed by atoms with van der Waals surface area (Å²) in [6, 6.07) is 15.7. The van der Waals surface area contributed by atoms with E-state index in [1.54, 1.807) is 0 Å². The van der Waals surface area contributed by atoms with Gasteiger partial charge in [-0.2, -0.15) is 0 Å². The lowest BCUT2D eigenvalue weighted by Gasteiger charge is -2.13. The molecule has 0 bridgehead atoms. The molecule has 1 aromatic heterocycles. The van der Waals surface area contributed by atoms with Crippen molar-refractivity contribution < 1.29 is 14.4 Å². The Morgan fingerprint density at radius 2 is 1.84 bits per heavy atom. The van der Waals surface area contributed by atoms with Crippen LogP contribution < -0.4 is 10.6 Å². The number of urea groups is 1. The first-order valence-electron chi connectivity index (χ1n) is 10.5. The lowest BCUT2D eigenvalue weighted by molar-refractivity contribution is -0.130. The van der Waals surface area contributed by atoms with Crippen LogP contribution in [0.4, 0.5) is 10.5 Å². The van der Waals surface area contributed by atoms with Gasteiger partial charge in [0.2, 0.25) is 5.91 Å². The topological polar surface area (TPSA) is 83.4 Å². The van der Waals surface area contributed by atoms with Crippen LogP contribution in [0.3, 0.4) is 0 Å². The minimum absolute atomic E-state index is 0.112. The fourth-order valence-electron chi connectivity index (χ4n) is 3.90. The van der Waals surface area contributed by atoms with Gasteiger partial charge in [0.15, 0.2) is 0 Å². The van der Waals surface area contributed by atoms with Gasteiger partial charge in [-0.05, 0) is 29.7 Å². The Labute approximate surface area is 181 Å². The molecule has 3 aromatic rings. The van der Waals surface area contributed by atoms with Crippen LogP contribution >= 0.6 is 0 Å². The Balaban J connectivity index is 1.43. The number of nitrogens with one attached hydrogen (secondary N) is 2. The van der Waals surface area contributed by atoms with Crippen molar-refractivity contribution in [2.45, 2.75) is 39.4 Å². The molecule has 1 fully saturated rings. The van der Waals surface area contributed by atoms with E-state index in [1.165, 1.54) is 0 Å². The van der Waals surface area contributed by atoms with Crippen LogP contribution in [0.2, 0.25) is 0 Å². The summed E-state index contributed by atoms with van der Waals surface area (Å²) in [6.07, 6.45) is 1.90. The fraction of sp³-hybridized carbons (Fsp3) is 0.292. The summed E-state index contributed by atoms with van der Waals surface area (Å²) in [5.41, 5.74) is 2.60. The van der Waals surface area contributed by atoms with Gasteiger partial charge >= 0.3 is 6.03 Å². The molecule has 0 unspecified atom stereocenters. The van der Waals surface area contributed by atoms with Crippen molar-refractivity contribution in [1.82, 2.24) is 14.8 Å². The van der Waals surface area contributed by atoms with Crippen molar-refractivity contribution in [2.75, 3.05) is 5.32 Å². The maximum atomic E-state index is 12.7. The zero-order chi connectivity index (χ0) is 22.0. The summed E-state index contributed by atoms with van der Waals surface area (Å²) in [6.45, 7) is 5.39. The van der Waals surface area contributed by atoms with Crippen molar-refractivity contribution in [3.8, 4) is 0 Å². The van der Waals surface area contributed by atoms with Crippen LogP contribution in [-0.2, 0) is 22.7 Å². The number of imide groups is 1. The second-order valence-electron chi connectivity index (χ2n) is 8.26. The third-order valence-corrected chi connectivity index (χ3v) is 5.33. The van der Waals surface area contributed by atoms with Crippen molar-refractivity contribution >= 4 is 34.4 Å². The number of hydrogen-bond acceptors (Lipinski definition) is 3. The van der Waals surface area contributed by atoms with E-state index in [1.807, 2.05) is 60.8 Å². The van der Waals surface area contributed by atoms with Gasteiger partial charge in [0.25, 0.3) is 5.91 Å². The standard InChI is InChI=1S/C24H26N4O3/c1-16(2)14-27-12-11-18-19(9-6-10-21(18)27)25-22(29)13-20-23(30)28(24(31)26-20)15-17-7-4-3-5-8-17/h3-12,16,20H,13-15H2,1-2H3,(H,25,29)(H,26,31)/t20-/m1/s1. The molecule has 0 saturated carbocycles. The molecule has 1 aliphatic rings. The Bertz CT molecular complexity index is 1120. The third-order valence-electron chi connectivity index (χ3n) is 5.33.